The van der Waals surface area contributed by atoms with Crippen molar-refractivity contribution in [1.29, 1.82) is 0 Å². The van der Waals surface area contributed by atoms with Crippen LogP contribution in [0.1, 0.15) is 6.92 Å². The molecule has 7 heteroatoms. The van der Waals surface area contributed by atoms with E-state index in [0.717, 1.165) is 5.69 Å². The number of thioether (sulfide) groups is 1. The Kier molecular flexibility index (Phi) is 6.31. The van der Waals surface area contributed by atoms with Gasteiger partial charge in [0, 0.05) is 18.4 Å². The van der Waals surface area contributed by atoms with Crippen LogP contribution in [0.2, 0.25) is 0 Å². The van der Waals surface area contributed by atoms with Crippen LogP contribution in [0.15, 0.2) is 30.3 Å². The smallest absolute Gasteiger partial charge is 0.327 e. The summed E-state index contributed by atoms with van der Waals surface area (Å²) in [6.07, 6.45) is 0. The minimum atomic E-state index is -1.08. The Morgan fingerprint density at radius 3 is 2.53 bits per heavy atom. The summed E-state index contributed by atoms with van der Waals surface area (Å²) in [7, 11) is 0. The predicted molar refractivity (Wildman–Crippen MR) is 80.4 cm³/mol. The molecule has 0 aliphatic heterocycles. The summed E-state index contributed by atoms with van der Waals surface area (Å²) in [4.78, 5) is 21.8. The zero-order valence-corrected chi connectivity index (χ0v) is 11.9. The molecule has 3 N–H and O–H groups in total. The monoisotopic (exact) mass is 298 g/mol. The number of aliphatic carboxylic acids is 1. The summed E-state index contributed by atoms with van der Waals surface area (Å²) >= 11 is 6.28. The number of hydrogen-bond acceptors (Lipinski definition) is 4. The van der Waals surface area contributed by atoms with Crippen molar-refractivity contribution in [3.8, 4) is 0 Å². The normalized spacial score (nSPS) is 11.4. The van der Waals surface area contributed by atoms with E-state index in [1.807, 2.05) is 30.3 Å². The average molecular weight is 298 g/mol. The lowest BCUT2D eigenvalue weighted by atomic mass is 10.3. The van der Waals surface area contributed by atoms with E-state index in [4.69, 9.17) is 17.3 Å². The number of para-hydroxylation sites is 1. The van der Waals surface area contributed by atoms with E-state index in [-0.39, 0.29) is 11.7 Å². The van der Waals surface area contributed by atoms with Crippen LogP contribution in [0.5, 0.6) is 0 Å². The lowest BCUT2D eigenvalue weighted by molar-refractivity contribution is -0.140. The molecule has 5 nitrogen and oxygen atoms in total. The molecule has 0 aliphatic carbocycles. The summed E-state index contributed by atoms with van der Waals surface area (Å²) in [5.41, 5.74) is 0.839. The molecule has 0 spiro atoms. The molecule has 1 amide bonds. The first-order chi connectivity index (χ1) is 8.99. The first-order valence-electron chi connectivity index (χ1n) is 5.48. The van der Waals surface area contributed by atoms with Crippen molar-refractivity contribution in [1.82, 2.24) is 5.32 Å². The van der Waals surface area contributed by atoms with E-state index in [2.05, 4.69) is 10.6 Å². The quantitative estimate of drug-likeness (QED) is 0.718. The minimum Gasteiger partial charge on any atom is -0.480 e. The van der Waals surface area contributed by atoms with Gasteiger partial charge < -0.3 is 15.7 Å². The van der Waals surface area contributed by atoms with Crippen molar-refractivity contribution in [2.75, 3.05) is 11.1 Å². The van der Waals surface area contributed by atoms with Crippen LogP contribution >= 0.6 is 24.0 Å². The van der Waals surface area contributed by atoms with Crippen molar-refractivity contribution in [3.63, 3.8) is 0 Å². The topological polar surface area (TPSA) is 78.4 Å². The fourth-order valence-corrected chi connectivity index (χ4v) is 2.31. The molecule has 0 aliphatic rings. The van der Waals surface area contributed by atoms with E-state index in [1.54, 1.807) is 0 Å². The highest BCUT2D eigenvalue weighted by Gasteiger charge is 2.18. The number of rotatable bonds is 5. The van der Waals surface area contributed by atoms with Crippen molar-refractivity contribution in [2.24, 2.45) is 0 Å². The van der Waals surface area contributed by atoms with E-state index < -0.39 is 12.0 Å². The Morgan fingerprint density at radius 1 is 1.37 bits per heavy atom. The van der Waals surface area contributed by atoms with Crippen LogP contribution in [0.25, 0.3) is 0 Å². The molecule has 0 saturated carbocycles. The molecular weight excluding hydrogens is 284 g/mol. The van der Waals surface area contributed by atoms with Gasteiger partial charge in [-0.05, 0) is 12.1 Å². The zero-order chi connectivity index (χ0) is 14.3. The van der Waals surface area contributed by atoms with Crippen LogP contribution < -0.4 is 10.6 Å². The van der Waals surface area contributed by atoms with Crippen molar-refractivity contribution in [3.05, 3.63) is 30.3 Å². The van der Waals surface area contributed by atoms with Gasteiger partial charge in [-0.2, -0.15) is 0 Å². The summed E-state index contributed by atoms with van der Waals surface area (Å²) in [5.74, 6) is -1.28. The maximum atomic E-state index is 10.9. The largest absolute Gasteiger partial charge is 0.480 e. The number of anilines is 1. The number of hydrogen-bond donors (Lipinski definition) is 3. The van der Waals surface area contributed by atoms with Crippen LogP contribution in [-0.2, 0) is 9.59 Å². The van der Waals surface area contributed by atoms with Crippen LogP contribution in [0.3, 0.4) is 0 Å². The lowest BCUT2D eigenvalue weighted by Gasteiger charge is -2.13. The van der Waals surface area contributed by atoms with Crippen LogP contribution in [0.4, 0.5) is 5.69 Å². The van der Waals surface area contributed by atoms with E-state index in [1.165, 1.54) is 18.7 Å². The maximum Gasteiger partial charge on any atom is 0.327 e. The number of thiocarbonyl (C=S) groups is 1. The molecule has 1 aromatic carbocycles. The third-order valence-electron chi connectivity index (χ3n) is 2.08. The van der Waals surface area contributed by atoms with Crippen molar-refractivity contribution < 1.29 is 14.7 Å². The molecule has 19 heavy (non-hydrogen) atoms. The van der Waals surface area contributed by atoms with Gasteiger partial charge in [-0.15, -0.1) is 0 Å². The Labute approximate surface area is 120 Å². The number of carbonyl (C=O) groups is 2. The molecule has 1 atom stereocenters. The first-order valence-corrected chi connectivity index (χ1v) is 6.87. The van der Waals surface area contributed by atoms with Gasteiger partial charge in [-0.25, -0.2) is 4.79 Å². The van der Waals surface area contributed by atoms with Gasteiger partial charge in [-0.3, -0.25) is 4.79 Å². The molecule has 0 fully saturated rings. The summed E-state index contributed by atoms with van der Waals surface area (Å²) in [6, 6.07) is 8.39. The molecule has 1 rings (SSSR count). The van der Waals surface area contributed by atoms with Gasteiger partial charge in [0.15, 0.2) is 0 Å². The first kappa shape index (κ1) is 15.5. The Bertz CT molecular complexity index is 465. The highest BCUT2D eigenvalue weighted by atomic mass is 32.2. The number of benzene rings is 1. The van der Waals surface area contributed by atoms with Crippen molar-refractivity contribution in [2.45, 2.75) is 13.0 Å². The highest BCUT2D eigenvalue weighted by molar-refractivity contribution is 8.23. The Morgan fingerprint density at radius 2 is 2.00 bits per heavy atom. The number of nitrogens with one attached hydrogen (secondary N) is 2. The fraction of sp³-hybridized carbons (Fsp3) is 0.250. The molecule has 102 valence electrons. The second-order valence-electron chi connectivity index (χ2n) is 3.68. The zero-order valence-electron chi connectivity index (χ0n) is 10.3. The third kappa shape index (κ3) is 6.21. The number of carbonyl (C=O) groups excluding carboxylic acids is 1. The minimum absolute atomic E-state index is 0.174. The van der Waals surface area contributed by atoms with Gasteiger partial charge in [-0.1, -0.05) is 42.2 Å². The highest BCUT2D eigenvalue weighted by Crippen LogP contribution is 2.12. The fourth-order valence-electron chi connectivity index (χ4n) is 1.25. The molecule has 0 aromatic heterocycles. The molecule has 0 heterocycles. The van der Waals surface area contributed by atoms with Gasteiger partial charge in [0.05, 0.1) is 0 Å². The van der Waals surface area contributed by atoms with Gasteiger partial charge in [0.25, 0.3) is 0 Å². The average Bonchev–Trinajstić information content (AvgIpc) is 2.35. The van der Waals surface area contributed by atoms with Crippen LogP contribution in [0, 0.1) is 0 Å². The Hall–Kier alpha value is -1.60. The number of carboxylic acid groups (broad SMARTS) is 1. The number of carboxylic acids is 1. The Balaban J connectivity index is 2.44. The van der Waals surface area contributed by atoms with Gasteiger partial charge >= 0.3 is 5.97 Å². The predicted octanol–water partition coefficient (Wildman–Crippen LogP) is 1.71. The van der Waals surface area contributed by atoms with Crippen molar-refractivity contribution >= 4 is 45.9 Å². The van der Waals surface area contributed by atoms with E-state index >= 15 is 0 Å². The lowest BCUT2D eigenvalue weighted by Crippen LogP contribution is -2.41. The molecule has 0 bridgehead atoms. The molecule has 0 unspecified atom stereocenters. The maximum absolute atomic E-state index is 10.9. The molecular formula is C12H14N2O3S2. The van der Waals surface area contributed by atoms with Gasteiger partial charge in [0.1, 0.15) is 10.4 Å². The standard InChI is InChI=1S/C12H14N2O3S2/c1-8(15)13-10(11(16)17)7-19-12(18)14-9-5-3-2-4-6-9/h2-6,10H,7H2,1H3,(H,13,15)(H,14,18)(H,16,17)/t10-/m0/s1. The molecule has 0 radical (unpaired) electrons. The van der Waals surface area contributed by atoms with E-state index in [9.17, 15) is 9.59 Å². The van der Waals surface area contributed by atoms with E-state index in [0.29, 0.717) is 4.32 Å². The third-order valence-corrected chi connectivity index (χ3v) is 3.40. The summed E-state index contributed by atoms with van der Waals surface area (Å²) in [6.45, 7) is 1.28. The molecule has 1 aromatic rings. The van der Waals surface area contributed by atoms with Gasteiger partial charge in [0.2, 0.25) is 5.91 Å². The summed E-state index contributed by atoms with van der Waals surface area (Å²) < 4.78 is 0.461. The van der Waals surface area contributed by atoms with Crippen LogP contribution in [-0.4, -0.2) is 33.1 Å². The second kappa shape index (κ2) is 7.75. The number of amides is 1. The molecule has 0 saturated heterocycles. The SMILES string of the molecule is CC(=O)N[C@@H](CSC(=S)Nc1ccccc1)C(=O)O. The second-order valence-corrected chi connectivity index (χ2v) is 5.38. The summed E-state index contributed by atoms with van der Waals surface area (Å²) in [5, 5.41) is 14.3.